The third-order valence-electron chi connectivity index (χ3n) is 7.82. The molecule has 1 aliphatic heterocycles. The van der Waals surface area contributed by atoms with E-state index in [4.69, 9.17) is 0 Å². The van der Waals surface area contributed by atoms with Gasteiger partial charge in [0.2, 0.25) is 0 Å². The minimum atomic E-state index is 1.05. The number of rotatable bonds is 6. The van der Waals surface area contributed by atoms with Crippen LogP contribution in [-0.4, -0.2) is 26.2 Å². The second-order valence-corrected chi connectivity index (χ2v) is 11.9. The molecule has 2 nitrogen and oxygen atoms in total. The van der Waals surface area contributed by atoms with Crippen LogP contribution in [0.3, 0.4) is 0 Å². The first kappa shape index (κ1) is 33.9. The van der Waals surface area contributed by atoms with Gasteiger partial charge in [0.1, 0.15) is 0 Å². The van der Waals surface area contributed by atoms with Crippen LogP contribution < -0.4 is 9.80 Å². The van der Waals surface area contributed by atoms with Crippen LogP contribution >= 0.6 is 0 Å². The van der Waals surface area contributed by atoms with Gasteiger partial charge < -0.3 is 9.80 Å². The van der Waals surface area contributed by atoms with Crippen molar-refractivity contribution in [3.63, 3.8) is 0 Å². The van der Waals surface area contributed by atoms with Crippen molar-refractivity contribution in [2.24, 2.45) is 0 Å². The van der Waals surface area contributed by atoms with E-state index in [1.807, 2.05) is 27.7 Å². The van der Waals surface area contributed by atoms with Crippen LogP contribution in [0, 0.1) is 13.8 Å². The Morgan fingerprint density at radius 2 is 0.591 bits per heavy atom. The third kappa shape index (κ3) is 10.3. The topological polar surface area (TPSA) is 6.48 Å². The molecule has 0 bridgehead atoms. The molecule has 1 heterocycles. The second-order valence-electron chi connectivity index (χ2n) is 11.9. The summed E-state index contributed by atoms with van der Waals surface area (Å²) in [6, 6.07) is 34.3. The highest BCUT2D eigenvalue weighted by atomic mass is 15.3. The zero-order chi connectivity index (χ0) is 32.2. The molecule has 0 N–H and O–H groups in total. The van der Waals surface area contributed by atoms with Crippen LogP contribution in [0.5, 0.6) is 0 Å². The average molecular weight is 583 g/mol. The van der Waals surface area contributed by atoms with Gasteiger partial charge >= 0.3 is 0 Å². The summed E-state index contributed by atoms with van der Waals surface area (Å²) in [6.45, 7) is 32.2. The van der Waals surface area contributed by atoms with Crippen molar-refractivity contribution in [2.75, 3.05) is 36.0 Å². The second kappa shape index (κ2) is 16.3. The Kier molecular flexibility index (Phi) is 12.6. The van der Waals surface area contributed by atoms with Crippen molar-refractivity contribution in [3.05, 3.63) is 157 Å². The van der Waals surface area contributed by atoms with Crippen LogP contribution in [-0.2, 0) is 0 Å². The van der Waals surface area contributed by atoms with E-state index in [0.717, 1.165) is 48.5 Å². The molecule has 1 aliphatic rings. The molecule has 1 fully saturated rings. The van der Waals surface area contributed by atoms with Crippen LogP contribution in [0.2, 0.25) is 0 Å². The van der Waals surface area contributed by atoms with Gasteiger partial charge in [0, 0.05) is 37.6 Å². The molecule has 0 unspecified atom stereocenters. The van der Waals surface area contributed by atoms with E-state index >= 15 is 0 Å². The number of hydrogen-bond acceptors (Lipinski definition) is 2. The molecule has 0 saturated carbocycles. The molecule has 0 spiro atoms. The Bertz CT molecular complexity index is 1410. The molecule has 228 valence electrons. The van der Waals surface area contributed by atoms with Crippen molar-refractivity contribution >= 4 is 33.7 Å². The van der Waals surface area contributed by atoms with Gasteiger partial charge in [-0.15, -0.1) is 0 Å². The fourth-order valence-corrected chi connectivity index (χ4v) is 4.81. The zero-order valence-electron chi connectivity index (χ0n) is 27.8. The Hall–Kier alpha value is -4.56. The fraction of sp³-hybridized carbons (Fsp3) is 0.238. The lowest BCUT2D eigenvalue weighted by molar-refractivity contribution is 0.653. The van der Waals surface area contributed by atoms with E-state index in [9.17, 15) is 0 Å². The number of allylic oxidation sites excluding steroid dienone is 4. The number of hydrogen-bond donors (Lipinski definition) is 0. The van der Waals surface area contributed by atoms with Crippen molar-refractivity contribution < 1.29 is 0 Å². The minimum Gasteiger partial charge on any atom is -0.368 e. The first-order chi connectivity index (χ1) is 20.9. The third-order valence-corrected chi connectivity index (χ3v) is 7.82. The van der Waals surface area contributed by atoms with E-state index in [1.54, 1.807) is 0 Å². The highest BCUT2D eigenvalue weighted by Crippen LogP contribution is 2.24. The van der Waals surface area contributed by atoms with Gasteiger partial charge in [-0.3, -0.25) is 0 Å². The van der Waals surface area contributed by atoms with Crippen LogP contribution in [0.4, 0.5) is 11.4 Å². The van der Waals surface area contributed by atoms with Gasteiger partial charge in [-0.05, 0) is 88.1 Å². The average Bonchev–Trinajstić information content (AvgIpc) is 3.02. The standard InChI is InChI=1S/C22H26N2.2C10H12/c1-17(2)19-5-9-21(10-6-19)23-13-15-24(16-14-23)22-11-7-20(8-12-22)18(3)4;2*1-8(2)10-6-4-9(3)5-7-10/h5-12H,1,3,13-16H2,2,4H3;2*4-7H,1H2,2-3H3. The fourth-order valence-electron chi connectivity index (χ4n) is 4.81. The molecule has 4 aromatic rings. The molecule has 5 rings (SSSR count). The van der Waals surface area contributed by atoms with Crippen molar-refractivity contribution in [1.82, 2.24) is 0 Å². The van der Waals surface area contributed by atoms with E-state index in [0.29, 0.717) is 0 Å². The summed E-state index contributed by atoms with van der Waals surface area (Å²) >= 11 is 0. The monoisotopic (exact) mass is 582 g/mol. The summed E-state index contributed by atoms with van der Waals surface area (Å²) in [7, 11) is 0. The largest absolute Gasteiger partial charge is 0.368 e. The maximum absolute atomic E-state index is 4.00. The predicted octanol–water partition coefficient (Wildman–Crippen LogP) is 11.1. The molecule has 2 heteroatoms. The van der Waals surface area contributed by atoms with Gasteiger partial charge in [0.05, 0.1) is 0 Å². The van der Waals surface area contributed by atoms with Gasteiger partial charge in [0.15, 0.2) is 0 Å². The van der Waals surface area contributed by atoms with Gasteiger partial charge in [-0.1, -0.05) is 133 Å². The predicted molar refractivity (Wildman–Crippen MR) is 198 cm³/mol. The summed E-state index contributed by atoms with van der Waals surface area (Å²) in [4.78, 5) is 4.92. The molecule has 0 amide bonds. The summed E-state index contributed by atoms with van der Waals surface area (Å²) < 4.78 is 0. The summed E-state index contributed by atoms with van der Waals surface area (Å²) in [5.41, 5.74) is 14.6. The minimum absolute atomic E-state index is 1.05. The maximum atomic E-state index is 4.00. The molecule has 0 aliphatic carbocycles. The Morgan fingerprint density at radius 1 is 0.386 bits per heavy atom. The molecule has 1 saturated heterocycles. The first-order valence-corrected chi connectivity index (χ1v) is 15.4. The van der Waals surface area contributed by atoms with Crippen LogP contribution in [0.15, 0.2) is 123 Å². The Labute approximate surface area is 267 Å². The van der Waals surface area contributed by atoms with Crippen molar-refractivity contribution in [3.8, 4) is 0 Å². The van der Waals surface area contributed by atoms with Gasteiger partial charge in [-0.25, -0.2) is 0 Å². The number of anilines is 2. The smallest absolute Gasteiger partial charge is 0.0367 e. The molecular formula is C42H50N2. The number of piperazine rings is 1. The number of benzene rings is 4. The van der Waals surface area contributed by atoms with Gasteiger partial charge in [-0.2, -0.15) is 0 Å². The lowest BCUT2D eigenvalue weighted by Crippen LogP contribution is -2.46. The maximum Gasteiger partial charge on any atom is 0.0367 e. The number of aryl methyl sites for hydroxylation is 2. The van der Waals surface area contributed by atoms with E-state index in [2.05, 4.69) is 147 Å². The highest BCUT2D eigenvalue weighted by molar-refractivity contribution is 5.66. The molecule has 4 aromatic carbocycles. The summed E-state index contributed by atoms with van der Waals surface area (Å²) in [5, 5.41) is 0. The Morgan fingerprint density at radius 3 is 0.795 bits per heavy atom. The number of nitrogens with zero attached hydrogens (tertiary/aromatic N) is 2. The quantitative estimate of drug-likeness (QED) is 0.223. The normalized spacial score (nSPS) is 12.2. The van der Waals surface area contributed by atoms with E-state index < -0.39 is 0 Å². The van der Waals surface area contributed by atoms with Crippen molar-refractivity contribution in [2.45, 2.75) is 41.5 Å². The Balaban J connectivity index is 0.000000217. The first-order valence-electron chi connectivity index (χ1n) is 15.4. The summed E-state index contributed by atoms with van der Waals surface area (Å²) in [6.07, 6.45) is 0. The zero-order valence-corrected chi connectivity index (χ0v) is 27.8. The summed E-state index contributed by atoms with van der Waals surface area (Å²) in [5.74, 6) is 0. The van der Waals surface area contributed by atoms with Crippen LogP contribution in [0.1, 0.15) is 61.1 Å². The SMILES string of the molecule is C=C(C)c1ccc(C)cc1.C=C(C)c1ccc(C)cc1.C=C(C)c1ccc(N2CCN(c3ccc(C(=C)C)cc3)CC2)cc1. The molecule has 0 aromatic heterocycles. The van der Waals surface area contributed by atoms with E-state index in [-0.39, 0.29) is 0 Å². The molecule has 0 radical (unpaired) electrons. The van der Waals surface area contributed by atoms with Crippen molar-refractivity contribution in [1.29, 1.82) is 0 Å². The molecular weight excluding hydrogens is 532 g/mol. The lowest BCUT2D eigenvalue weighted by Gasteiger charge is -2.37. The molecule has 0 atom stereocenters. The van der Waals surface area contributed by atoms with Crippen LogP contribution in [0.25, 0.3) is 22.3 Å². The lowest BCUT2D eigenvalue weighted by atomic mass is 10.1. The highest BCUT2D eigenvalue weighted by Gasteiger charge is 2.17. The van der Waals surface area contributed by atoms with Gasteiger partial charge in [0.25, 0.3) is 0 Å². The van der Waals surface area contributed by atoms with E-state index in [1.165, 1.54) is 44.8 Å². The molecule has 44 heavy (non-hydrogen) atoms.